The van der Waals surface area contributed by atoms with Crippen LogP contribution in [-0.2, 0) is 17.6 Å². The van der Waals surface area contributed by atoms with E-state index in [1.807, 2.05) is 0 Å². The van der Waals surface area contributed by atoms with Gasteiger partial charge in [-0.15, -0.1) is 0 Å². The van der Waals surface area contributed by atoms with Crippen LogP contribution in [0.25, 0.3) is 0 Å². The summed E-state index contributed by atoms with van der Waals surface area (Å²) in [5, 5.41) is 7.32. The van der Waals surface area contributed by atoms with Crippen molar-refractivity contribution in [2.45, 2.75) is 31.4 Å². The minimum atomic E-state index is -0.278. The van der Waals surface area contributed by atoms with Gasteiger partial charge in [0.15, 0.2) is 0 Å². The maximum atomic E-state index is 11.4. The van der Waals surface area contributed by atoms with Gasteiger partial charge in [0.1, 0.15) is 0 Å². The van der Waals surface area contributed by atoms with Crippen LogP contribution in [0, 0.1) is 0 Å². The molecule has 0 bridgehead atoms. The molecule has 1 aromatic carbocycles. The van der Waals surface area contributed by atoms with Crippen LogP contribution in [0.3, 0.4) is 0 Å². The number of hydrogen-bond acceptors (Lipinski definition) is 5. The molecule has 1 aliphatic rings. The van der Waals surface area contributed by atoms with E-state index in [1.54, 1.807) is 13.2 Å². The number of likely N-dealkylation sites (N-methyl/N-ethyl adjacent to an activating group) is 1. The molecule has 28 heavy (non-hydrogen) atoms. The number of benzene rings is 1. The predicted molar refractivity (Wildman–Crippen MR) is 115 cm³/mol. The van der Waals surface area contributed by atoms with E-state index in [-0.39, 0.29) is 21.7 Å². The van der Waals surface area contributed by atoms with Crippen LogP contribution in [-0.4, -0.2) is 63.2 Å². The predicted octanol–water partition coefficient (Wildman–Crippen LogP) is 2.18. The first kappa shape index (κ1) is 21.1. The maximum absolute atomic E-state index is 11.4. The molecule has 0 saturated carbocycles. The molecule has 0 atom stereocenters. The molecule has 0 aliphatic carbocycles. The normalized spacial score (nSPS) is 14.7. The number of nitrogens with zero attached hydrogens (tertiary/aromatic N) is 3. The topological polar surface area (TPSA) is 70.2 Å². The number of carbonyl (C=O) groups is 1. The Bertz CT molecular complexity index is 832. The van der Waals surface area contributed by atoms with Crippen LogP contribution in [0.2, 0.25) is 10.2 Å². The first-order chi connectivity index (χ1) is 13.6. The zero-order valence-corrected chi connectivity index (χ0v) is 19.0. The van der Waals surface area contributed by atoms with Gasteiger partial charge >= 0.3 is 178 Å². The quantitative estimate of drug-likeness (QED) is 0.617. The molecule has 6 nitrogen and oxygen atoms in total. The third-order valence-corrected chi connectivity index (χ3v) is 7.76. The summed E-state index contributed by atoms with van der Waals surface area (Å²) in [4.78, 5) is 22.8. The van der Waals surface area contributed by atoms with Crippen LogP contribution in [0.4, 0.5) is 11.6 Å². The second-order valence-corrected chi connectivity index (χ2v) is 9.61. The Kier molecular flexibility index (Phi) is 7.72. The van der Waals surface area contributed by atoms with Crippen molar-refractivity contribution >= 4 is 49.4 Å². The first-order valence-electron chi connectivity index (χ1n) is 9.61. The number of amides is 1. The summed E-state index contributed by atoms with van der Waals surface area (Å²) in [5.41, 5.74) is 3.82. The first-order valence-corrected chi connectivity index (χ1v) is 12.2. The molecule has 1 radical (unpaired) electrons. The van der Waals surface area contributed by atoms with Gasteiger partial charge in [0.05, 0.1) is 0 Å². The summed E-state index contributed by atoms with van der Waals surface area (Å²) in [6, 6.07) is 6.52. The van der Waals surface area contributed by atoms with Gasteiger partial charge in [-0.3, -0.25) is 0 Å². The summed E-state index contributed by atoms with van der Waals surface area (Å²) < 4.78 is 0.854. The number of rotatable bonds is 7. The van der Waals surface area contributed by atoms with Crippen LogP contribution < -0.4 is 15.1 Å². The molecule has 149 valence electrons. The fourth-order valence-electron chi connectivity index (χ4n) is 3.21. The zero-order chi connectivity index (χ0) is 19.9. The second kappa shape index (κ2) is 10.2. The molecule has 0 unspecified atom stereocenters. The molecule has 1 aliphatic heterocycles. The molecule has 2 N–H and O–H groups in total. The van der Waals surface area contributed by atoms with Crippen molar-refractivity contribution in [2.24, 2.45) is 0 Å². The summed E-state index contributed by atoms with van der Waals surface area (Å²) in [5.74, 6) is 0.601. The molecule has 8 heteroatoms. The van der Waals surface area contributed by atoms with E-state index < -0.39 is 0 Å². The van der Waals surface area contributed by atoms with E-state index >= 15 is 0 Å². The van der Waals surface area contributed by atoms with Gasteiger partial charge in [-0.05, 0) is 0 Å². The Balaban J connectivity index is 1.68. The van der Waals surface area contributed by atoms with Gasteiger partial charge < -0.3 is 0 Å². The van der Waals surface area contributed by atoms with E-state index in [9.17, 15) is 4.79 Å². The van der Waals surface area contributed by atoms with Crippen LogP contribution in [0.5, 0.6) is 0 Å². The van der Waals surface area contributed by atoms with E-state index in [2.05, 4.69) is 50.6 Å². The molecule has 0 spiro atoms. The van der Waals surface area contributed by atoms with E-state index in [0.29, 0.717) is 17.4 Å². The molecule has 1 amide bonds. The second-order valence-electron chi connectivity index (χ2n) is 6.71. The van der Waals surface area contributed by atoms with Gasteiger partial charge in [0, 0.05) is 0 Å². The number of carbonyl (C=O) groups excluding carboxylic acids is 1. The molecule has 0 saturated heterocycles. The molecule has 3 rings (SSSR count). The van der Waals surface area contributed by atoms with Crippen molar-refractivity contribution in [2.75, 3.05) is 32.0 Å². The molecule has 1 aromatic heterocycles. The van der Waals surface area contributed by atoms with Gasteiger partial charge in [-0.25, -0.2) is 0 Å². The molecular weight excluding hydrogens is 437 g/mol. The fourth-order valence-corrected chi connectivity index (χ4v) is 5.50. The number of anilines is 2. The third-order valence-electron chi connectivity index (χ3n) is 4.91. The number of hydrogen-bond donors (Lipinski definition) is 2. The van der Waals surface area contributed by atoms with Gasteiger partial charge in [-0.1, -0.05) is 0 Å². The summed E-state index contributed by atoms with van der Waals surface area (Å²) in [6.45, 7) is 5.54. The van der Waals surface area contributed by atoms with Crippen molar-refractivity contribution in [3.05, 3.63) is 40.5 Å². The van der Waals surface area contributed by atoms with E-state index in [4.69, 9.17) is 11.6 Å². The summed E-state index contributed by atoms with van der Waals surface area (Å²) in [7, 11) is 1.65. The molecule has 2 aromatic rings. The van der Waals surface area contributed by atoms with Crippen LogP contribution >= 0.6 is 11.6 Å². The average molecular weight is 463 g/mol. The van der Waals surface area contributed by atoms with Gasteiger partial charge in [0.2, 0.25) is 0 Å². The van der Waals surface area contributed by atoms with Crippen LogP contribution in [0.15, 0.2) is 24.4 Å². The van der Waals surface area contributed by atoms with Crippen molar-refractivity contribution in [3.8, 4) is 0 Å². The SMILES string of the molecule is CCN1CCc2ccc(Nc3ncc(Cl)c([As]CCC(=O)NC)n3)cc2CC1. The number of nitrogens with one attached hydrogen (secondary N) is 2. The van der Waals surface area contributed by atoms with Crippen molar-refractivity contribution in [1.82, 2.24) is 20.2 Å². The van der Waals surface area contributed by atoms with E-state index in [0.717, 1.165) is 47.9 Å². The number of halogens is 1. The van der Waals surface area contributed by atoms with Gasteiger partial charge in [-0.2, -0.15) is 0 Å². The zero-order valence-electron chi connectivity index (χ0n) is 16.3. The number of fused-ring (bicyclic) bond motifs is 1. The molecular formula is C20H26AsClN5O. The Morgan fingerprint density at radius 2 is 2.07 bits per heavy atom. The summed E-state index contributed by atoms with van der Waals surface area (Å²) in [6.07, 6.45) is 4.30. The Morgan fingerprint density at radius 1 is 1.29 bits per heavy atom. The van der Waals surface area contributed by atoms with Crippen molar-refractivity contribution in [1.29, 1.82) is 0 Å². The fraction of sp³-hybridized carbons (Fsp3) is 0.450. The Hall–Kier alpha value is -1.62. The molecule has 2 heterocycles. The standard InChI is InChI=1S/C20H26AsClN5O/c1-3-27-10-7-14-4-5-16(12-15(14)8-11-27)25-20-24-13-17(22)19(26-20)21-9-6-18(28)23-2/h4-5,12-13H,3,6-11H2,1-2H3,(H,23,28)(H,24,25,26). The van der Waals surface area contributed by atoms with Crippen molar-refractivity contribution < 1.29 is 4.79 Å². The van der Waals surface area contributed by atoms with Crippen LogP contribution in [0.1, 0.15) is 24.5 Å². The average Bonchev–Trinajstić information content (AvgIpc) is 2.92. The Morgan fingerprint density at radius 3 is 2.82 bits per heavy atom. The minimum absolute atomic E-state index is 0.0467. The third kappa shape index (κ3) is 5.69. The Labute approximate surface area is 178 Å². The molecule has 0 fully saturated rings. The van der Waals surface area contributed by atoms with E-state index in [1.165, 1.54) is 11.1 Å². The number of aromatic nitrogens is 2. The monoisotopic (exact) mass is 462 g/mol. The van der Waals surface area contributed by atoms with Crippen molar-refractivity contribution in [3.63, 3.8) is 0 Å². The summed E-state index contributed by atoms with van der Waals surface area (Å²) >= 11 is 5.98. The van der Waals surface area contributed by atoms with Gasteiger partial charge in [0.25, 0.3) is 0 Å².